The average molecular weight is 370 g/mol. The molecule has 0 fully saturated rings. The summed E-state index contributed by atoms with van der Waals surface area (Å²) >= 11 is 0. The van der Waals surface area contributed by atoms with Gasteiger partial charge in [-0.15, -0.1) is 6.58 Å². The van der Waals surface area contributed by atoms with Crippen molar-refractivity contribution in [3.05, 3.63) is 70.6 Å². The Labute approximate surface area is 158 Å². The van der Waals surface area contributed by atoms with Crippen molar-refractivity contribution < 1.29 is 23.8 Å². The number of rotatable bonds is 7. The highest BCUT2D eigenvalue weighted by Gasteiger charge is 2.22. The van der Waals surface area contributed by atoms with Crippen molar-refractivity contribution in [3.63, 3.8) is 0 Å². The second kappa shape index (κ2) is 9.03. The van der Waals surface area contributed by atoms with Crippen LogP contribution in [0, 0.1) is 5.82 Å². The monoisotopic (exact) mass is 370 g/mol. The number of phenolic OH excluding ortho intramolecular Hbond substituents is 1. The Morgan fingerprint density at radius 1 is 1.22 bits per heavy atom. The molecule has 5 heteroatoms. The van der Waals surface area contributed by atoms with Crippen LogP contribution in [-0.2, 0) is 11.2 Å². The molecular formula is C22H23FO4. The third kappa shape index (κ3) is 4.97. The highest BCUT2D eigenvalue weighted by atomic mass is 19.1. The zero-order valence-corrected chi connectivity index (χ0v) is 15.7. The maximum absolute atomic E-state index is 13.0. The summed E-state index contributed by atoms with van der Waals surface area (Å²) in [6, 6.07) is 7.60. The fourth-order valence-corrected chi connectivity index (χ4v) is 2.67. The number of hydrogen-bond acceptors (Lipinski definition) is 4. The Morgan fingerprint density at radius 3 is 2.44 bits per heavy atom. The number of benzene rings is 2. The maximum atomic E-state index is 13.0. The first kappa shape index (κ1) is 20.2. The van der Waals surface area contributed by atoms with E-state index in [2.05, 4.69) is 6.58 Å². The molecule has 1 N–H and O–H groups in total. The lowest BCUT2D eigenvalue weighted by molar-refractivity contribution is 0.0597. The first-order chi connectivity index (χ1) is 12.9. The van der Waals surface area contributed by atoms with Crippen LogP contribution in [0.25, 0.3) is 12.2 Å². The fraction of sp³-hybridized carbons (Fsp3) is 0.227. The lowest BCUT2D eigenvalue weighted by atomic mass is 9.96. The number of halogens is 1. The molecule has 0 aliphatic rings. The molecule has 0 aromatic heterocycles. The van der Waals surface area contributed by atoms with Crippen LogP contribution in [-0.4, -0.2) is 25.3 Å². The van der Waals surface area contributed by atoms with Gasteiger partial charge in [0.1, 0.15) is 22.9 Å². The first-order valence-electron chi connectivity index (χ1n) is 8.46. The Balaban J connectivity index is 2.54. The number of allylic oxidation sites excluding steroid dienone is 1. The van der Waals surface area contributed by atoms with Gasteiger partial charge in [0.15, 0.2) is 0 Å². The highest BCUT2D eigenvalue weighted by molar-refractivity contribution is 5.98. The number of methoxy groups -OCH3 is 2. The van der Waals surface area contributed by atoms with E-state index in [4.69, 9.17) is 9.47 Å². The molecule has 0 aliphatic carbocycles. The number of ether oxygens (including phenoxy) is 2. The van der Waals surface area contributed by atoms with Crippen molar-refractivity contribution in [1.29, 1.82) is 0 Å². The molecule has 0 heterocycles. The third-order valence-corrected chi connectivity index (χ3v) is 4.13. The quantitative estimate of drug-likeness (QED) is 0.423. The van der Waals surface area contributed by atoms with Crippen molar-refractivity contribution in [2.24, 2.45) is 0 Å². The van der Waals surface area contributed by atoms with Crippen LogP contribution in [0.15, 0.2) is 42.5 Å². The second-order valence-corrected chi connectivity index (χ2v) is 6.20. The van der Waals surface area contributed by atoms with Gasteiger partial charge in [-0.05, 0) is 49.1 Å². The summed E-state index contributed by atoms with van der Waals surface area (Å²) in [5, 5.41) is 10.7. The van der Waals surface area contributed by atoms with E-state index in [0.29, 0.717) is 29.7 Å². The molecule has 0 amide bonds. The molecule has 2 aromatic carbocycles. The Hall–Kier alpha value is -3.08. The van der Waals surface area contributed by atoms with Crippen LogP contribution < -0.4 is 4.74 Å². The molecule has 2 rings (SSSR count). The Bertz CT molecular complexity index is 867. The largest absolute Gasteiger partial charge is 0.507 e. The van der Waals surface area contributed by atoms with Gasteiger partial charge in [-0.2, -0.15) is 0 Å². The number of phenols is 1. The zero-order chi connectivity index (χ0) is 20.0. The van der Waals surface area contributed by atoms with E-state index >= 15 is 0 Å². The van der Waals surface area contributed by atoms with E-state index in [1.165, 1.54) is 26.4 Å². The minimum atomic E-state index is -0.648. The maximum Gasteiger partial charge on any atom is 0.342 e. The summed E-state index contributed by atoms with van der Waals surface area (Å²) in [6.07, 6.45) is 4.50. The van der Waals surface area contributed by atoms with E-state index in [9.17, 15) is 14.3 Å². The summed E-state index contributed by atoms with van der Waals surface area (Å²) in [5.41, 5.74) is 2.74. The van der Waals surface area contributed by atoms with E-state index < -0.39 is 5.97 Å². The molecule has 0 atom stereocenters. The van der Waals surface area contributed by atoms with Crippen molar-refractivity contribution >= 4 is 18.1 Å². The molecule has 4 nitrogen and oxygen atoms in total. The lowest BCUT2D eigenvalue weighted by Crippen LogP contribution is -2.07. The Morgan fingerprint density at radius 2 is 1.89 bits per heavy atom. The van der Waals surface area contributed by atoms with Crippen molar-refractivity contribution in [2.75, 3.05) is 14.2 Å². The van der Waals surface area contributed by atoms with Crippen molar-refractivity contribution in [2.45, 2.75) is 19.8 Å². The van der Waals surface area contributed by atoms with Gasteiger partial charge in [0, 0.05) is 5.56 Å². The summed E-state index contributed by atoms with van der Waals surface area (Å²) in [4.78, 5) is 12.3. The number of esters is 1. The molecule has 0 saturated heterocycles. The predicted molar refractivity (Wildman–Crippen MR) is 104 cm³/mol. The van der Waals surface area contributed by atoms with Crippen molar-refractivity contribution in [3.8, 4) is 11.5 Å². The SMILES string of the molecule is C=C(C)CCc1c(OC)cc(C=Cc2ccc(F)cc2)c(C(=O)OC)c1O. The van der Waals surface area contributed by atoms with E-state index in [-0.39, 0.29) is 17.1 Å². The third-order valence-electron chi connectivity index (χ3n) is 4.13. The molecule has 0 spiro atoms. The van der Waals surface area contributed by atoms with Crippen LogP contribution in [0.2, 0.25) is 0 Å². The van der Waals surface area contributed by atoms with E-state index in [1.54, 1.807) is 30.4 Å². The standard InChI is InChI=1S/C22H23FO4/c1-14(2)5-12-18-19(26-3)13-16(20(21(18)24)22(25)27-4)9-6-15-7-10-17(23)11-8-15/h6-11,13,24H,1,5,12H2,2-4H3. The zero-order valence-electron chi connectivity index (χ0n) is 15.7. The molecule has 0 radical (unpaired) electrons. The van der Waals surface area contributed by atoms with E-state index in [0.717, 1.165) is 11.1 Å². The molecule has 27 heavy (non-hydrogen) atoms. The van der Waals surface area contributed by atoms with Gasteiger partial charge in [0.25, 0.3) is 0 Å². The van der Waals surface area contributed by atoms with Gasteiger partial charge in [-0.25, -0.2) is 9.18 Å². The average Bonchev–Trinajstić information content (AvgIpc) is 2.65. The normalized spacial score (nSPS) is 10.8. The summed E-state index contributed by atoms with van der Waals surface area (Å²) in [7, 11) is 2.76. The predicted octanol–water partition coefficient (Wildman–Crippen LogP) is 5.01. The molecule has 142 valence electrons. The first-order valence-corrected chi connectivity index (χ1v) is 8.46. The van der Waals surface area contributed by atoms with Crippen LogP contribution in [0.5, 0.6) is 11.5 Å². The molecular weight excluding hydrogens is 347 g/mol. The summed E-state index contributed by atoms with van der Waals surface area (Å²) in [6.45, 7) is 5.76. The van der Waals surface area contributed by atoms with Crippen LogP contribution in [0.1, 0.15) is 40.4 Å². The van der Waals surface area contributed by atoms with Crippen molar-refractivity contribution in [1.82, 2.24) is 0 Å². The lowest BCUT2D eigenvalue weighted by Gasteiger charge is -2.16. The second-order valence-electron chi connectivity index (χ2n) is 6.20. The Kier molecular flexibility index (Phi) is 6.77. The topological polar surface area (TPSA) is 55.8 Å². The number of carbonyl (C=O) groups excluding carboxylic acids is 1. The number of aromatic hydroxyl groups is 1. The van der Waals surface area contributed by atoms with Gasteiger partial charge in [0.2, 0.25) is 0 Å². The molecule has 0 bridgehead atoms. The molecule has 0 unspecified atom stereocenters. The van der Waals surface area contributed by atoms with Gasteiger partial charge >= 0.3 is 5.97 Å². The van der Waals surface area contributed by atoms with Crippen LogP contribution in [0.3, 0.4) is 0 Å². The van der Waals surface area contributed by atoms with Crippen LogP contribution in [0.4, 0.5) is 4.39 Å². The van der Waals surface area contributed by atoms with E-state index in [1.807, 2.05) is 6.92 Å². The number of carbonyl (C=O) groups is 1. The summed E-state index contributed by atoms with van der Waals surface area (Å²) < 4.78 is 23.3. The molecule has 2 aromatic rings. The molecule has 0 aliphatic heterocycles. The van der Waals surface area contributed by atoms with Gasteiger partial charge in [-0.3, -0.25) is 0 Å². The number of hydrogen-bond donors (Lipinski definition) is 1. The minimum Gasteiger partial charge on any atom is -0.507 e. The molecule has 0 saturated carbocycles. The highest BCUT2D eigenvalue weighted by Crippen LogP contribution is 2.37. The smallest absolute Gasteiger partial charge is 0.342 e. The fourth-order valence-electron chi connectivity index (χ4n) is 2.67. The van der Waals surface area contributed by atoms with Gasteiger partial charge in [-0.1, -0.05) is 29.9 Å². The van der Waals surface area contributed by atoms with Gasteiger partial charge in [0.05, 0.1) is 14.2 Å². The minimum absolute atomic E-state index is 0.0633. The summed E-state index contributed by atoms with van der Waals surface area (Å²) in [5.74, 6) is -0.671. The van der Waals surface area contributed by atoms with Gasteiger partial charge < -0.3 is 14.6 Å². The van der Waals surface area contributed by atoms with Crippen LogP contribution >= 0.6 is 0 Å².